The van der Waals surface area contributed by atoms with E-state index in [1.54, 1.807) is 24.3 Å². The smallest absolute Gasteiger partial charge is 0.0452 e. The van der Waals surface area contributed by atoms with Crippen molar-refractivity contribution in [3.8, 4) is 0 Å². The molecule has 0 spiro atoms. The lowest BCUT2D eigenvalue weighted by atomic mass is 10.1. The van der Waals surface area contributed by atoms with E-state index < -0.39 is 11.3 Å². The molecule has 3 aromatic rings. The third-order valence-corrected chi connectivity index (χ3v) is 3.20. The lowest BCUT2D eigenvalue weighted by Crippen LogP contribution is -2.01. The monoisotopic (exact) mass is 299 g/mol. The molecule has 0 heterocycles. The second-order valence-electron chi connectivity index (χ2n) is 4.27. The van der Waals surface area contributed by atoms with Crippen LogP contribution in [0.15, 0.2) is 72.8 Å². The molecule has 0 bridgehead atoms. The maximum atomic E-state index is 10.1. The zero-order valence-electron chi connectivity index (χ0n) is 11.2. The number of fused-ring (bicyclic) bond motifs is 1. The van der Waals surface area contributed by atoms with Crippen LogP contribution >= 0.6 is 0 Å². The van der Waals surface area contributed by atoms with Gasteiger partial charge in [0.2, 0.25) is 0 Å². The highest BCUT2D eigenvalue weighted by Crippen LogP contribution is 2.19. The SMILES string of the molecule is Nc1cccc2ccccc12.O=S([O-])Nc1ccccc1. The second kappa shape index (κ2) is 7.42. The van der Waals surface area contributed by atoms with E-state index in [0.717, 1.165) is 11.1 Å². The minimum Gasteiger partial charge on any atom is -0.755 e. The Kier molecular flexibility index (Phi) is 5.31. The Morgan fingerprint density at radius 2 is 1.48 bits per heavy atom. The largest absolute Gasteiger partial charge is 0.755 e. The first kappa shape index (κ1) is 15.0. The van der Waals surface area contributed by atoms with Crippen LogP contribution in [0.25, 0.3) is 10.8 Å². The van der Waals surface area contributed by atoms with Gasteiger partial charge in [-0.3, -0.25) is 4.21 Å². The molecule has 3 N–H and O–H groups in total. The van der Waals surface area contributed by atoms with Crippen molar-refractivity contribution in [1.82, 2.24) is 0 Å². The zero-order chi connectivity index (χ0) is 15.1. The lowest BCUT2D eigenvalue weighted by molar-refractivity contribution is 0.542. The van der Waals surface area contributed by atoms with Crippen molar-refractivity contribution in [1.29, 1.82) is 0 Å². The average molecular weight is 299 g/mol. The molecule has 0 amide bonds. The number of rotatable bonds is 2. The molecule has 0 saturated carbocycles. The Morgan fingerprint density at radius 3 is 2.14 bits per heavy atom. The summed E-state index contributed by atoms with van der Waals surface area (Å²) in [5, 5.41) is 2.34. The van der Waals surface area contributed by atoms with Crippen molar-refractivity contribution >= 4 is 33.4 Å². The maximum Gasteiger partial charge on any atom is 0.0452 e. The van der Waals surface area contributed by atoms with E-state index in [1.807, 2.05) is 36.4 Å². The third-order valence-electron chi connectivity index (χ3n) is 2.80. The number of nitrogens with two attached hydrogens (primary N) is 1. The normalized spacial score (nSPS) is 11.3. The van der Waals surface area contributed by atoms with Crippen LogP contribution in [0, 0.1) is 0 Å². The Balaban J connectivity index is 0.000000155. The van der Waals surface area contributed by atoms with Gasteiger partial charge in [-0.1, -0.05) is 54.6 Å². The van der Waals surface area contributed by atoms with Crippen LogP contribution in [-0.4, -0.2) is 8.76 Å². The fourth-order valence-electron chi connectivity index (χ4n) is 1.85. The van der Waals surface area contributed by atoms with Gasteiger partial charge in [-0.05, 0) is 23.6 Å². The van der Waals surface area contributed by atoms with E-state index in [9.17, 15) is 8.76 Å². The van der Waals surface area contributed by atoms with Gasteiger partial charge < -0.3 is 15.0 Å². The third kappa shape index (κ3) is 4.59. The Labute approximate surface area is 126 Å². The predicted molar refractivity (Wildman–Crippen MR) is 87.3 cm³/mol. The Bertz CT molecular complexity index is 727. The first-order valence-corrected chi connectivity index (χ1v) is 7.38. The summed E-state index contributed by atoms with van der Waals surface area (Å²) < 4.78 is 22.3. The summed E-state index contributed by atoms with van der Waals surface area (Å²) in [6.07, 6.45) is 0. The van der Waals surface area contributed by atoms with Crippen molar-refractivity contribution in [3.63, 3.8) is 0 Å². The Morgan fingerprint density at radius 1 is 0.857 bits per heavy atom. The van der Waals surface area contributed by atoms with Crippen LogP contribution in [0.5, 0.6) is 0 Å². The van der Waals surface area contributed by atoms with Gasteiger partial charge in [-0.2, -0.15) is 0 Å². The first-order valence-electron chi connectivity index (χ1n) is 6.31. The molecule has 3 rings (SSSR count). The average Bonchev–Trinajstić information content (AvgIpc) is 2.49. The molecule has 21 heavy (non-hydrogen) atoms. The summed E-state index contributed by atoms with van der Waals surface area (Å²) >= 11 is -2.22. The molecule has 1 atom stereocenters. The van der Waals surface area contributed by atoms with Crippen molar-refractivity contribution in [2.24, 2.45) is 0 Å². The van der Waals surface area contributed by atoms with Crippen molar-refractivity contribution < 1.29 is 8.76 Å². The van der Waals surface area contributed by atoms with Gasteiger partial charge in [0.15, 0.2) is 0 Å². The molecule has 0 aliphatic heterocycles. The zero-order valence-corrected chi connectivity index (χ0v) is 12.0. The summed E-state index contributed by atoms with van der Waals surface area (Å²) in [7, 11) is 0. The van der Waals surface area contributed by atoms with Crippen LogP contribution in [-0.2, 0) is 11.3 Å². The summed E-state index contributed by atoms with van der Waals surface area (Å²) in [4.78, 5) is 0. The van der Waals surface area contributed by atoms with Crippen molar-refractivity contribution in [3.05, 3.63) is 72.8 Å². The highest BCUT2D eigenvalue weighted by atomic mass is 32.2. The van der Waals surface area contributed by atoms with Gasteiger partial charge in [0.05, 0.1) is 0 Å². The van der Waals surface area contributed by atoms with Crippen LogP contribution in [0.4, 0.5) is 11.4 Å². The second-order valence-corrected chi connectivity index (χ2v) is 4.94. The molecule has 0 aliphatic rings. The van der Waals surface area contributed by atoms with Gasteiger partial charge in [-0.25, -0.2) is 0 Å². The van der Waals surface area contributed by atoms with E-state index in [4.69, 9.17) is 5.73 Å². The van der Waals surface area contributed by atoms with Gasteiger partial charge in [-0.15, -0.1) is 0 Å². The minimum absolute atomic E-state index is 0.579. The molecule has 1 unspecified atom stereocenters. The van der Waals surface area contributed by atoms with Gasteiger partial charge in [0, 0.05) is 28.0 Å². The van der Waals surface area contributed by atoms with E-state index in [1.165, 1.54) is 5.39 Å². The van der Waals surface area contributed by atoms with Gasteiger partial charge in [0.1, 0.15) is 0 Å². The number of para-hydroxylation sites is 1. The molecule has 5 heteroatoms. The standard InChI is InChI=1S/C10H9N.C6H7NO2S/c11-10-7-3-5-8-4-1-2-6-9(8)10;8-10(9)7-6-4-2-1-3-5-6/h1-7H,11H2;1-5,7H,(H,8,9)/p-1. The number of anilines is 2. The van der Waals surface area contributed by atoms with Crippen molar-refractivity contribution in [2.75, 3.05) is 10.5 Å². The molecular weight excluding hydrogens is 284 g/mol. The van der Waals surface area contributed by atoms with Crippen LogP contribution in [0.2, 0.25) is 0 Å². The van der Waals surface area contributed by atoms with Crippen molar-refractivity contribution in [2.45, 2.75) is 0 Å². The molecule has 0 aliphatic carbocycles. The predicted octanol–water partition coefficient (Wildman–Crippen LogP) is 3.31. The lowest BCUT2D eigenvalue weighted by Gasteiger charge is -2.06. The summed E-state index contributed by atoms with van der Waals surface area (Å²) in [6.45, 7) is 0. The number of hydrogen-bond donors (Lipinski definition) is 2. The molecule has 4 nitrogen and oxygen atoms in total. The molecular formula is C16H15N2O2S-. The van der Waals surface area contributed by atoms with E-state index >= 15 is 0 Å². The Hall–Kier alpha value is -2.37. The fourth-order valence-corrected chi connectivity index (χ4v) is 2.18. The first-order chi connectivity index (χ1) is 10.2. The molecule has 0 fully saturated rings. The molecule has 0 saturated heterocycles. The maximum absolute atomic E-state index is 10.1. The summed E-state index contributed by atoms with van der Waals surface area (Å²) in [5.41, 5.74) is 7.19. The van der Waals surface area contributed by atoms with Crippen LogP contribution < -0.4 is 10.5 Å². The van der Waals surface area contributed by atoms with Crippen LogP contribution in [0.1, 0.15) is 0 Å². The van der Waals surface area contributed by atoms with E-state index in [-0.39, 0.29) is 0 Å². The molecule has 0 aromatic heterocycles. The highest BCUT2D eigenvalue weighted by Gasteiger charge is 1.92. The molecule has 3 aromatic carbocycles. The van der Waals surface area contributed by atoms with Gasteiger partial charge >= 0.3 is 0 Å². The number of benzene rings is 3. The summed E-state index contributed by atoms with van der Waals surface area (Å²) in [6, 6.07) is 22.7. The number of nitrogen functional groups attached to an aromatic ring is 1. The number of nitrogens with one attached hydrogen (secondary N) is 1. The van der Waals surface area contributed by atoms with E-state index in [0.29, 0.717) is 5.69 Å². The minimum atomic E-state index is -2.22. The summed E-state index contributed by atoms with van der Waals surface area (Å²) in [5.74, 6) is 0. The fraction of sp³-hybridized carbons (Fsp3) is 0. The topological polar surface area (TPSA) is 78.2 Å². The molecule has 108 valence electrons. The quantitative estimate of drug-likeness (QED) is 0.563. The highest BCUT2D eigenvalue weighted by molar-refractivity contribution is 7.80. The van der Waals surface area contributed by atoms with Gasteiger partial charge in [0.25, 0.3) is 0 Å². The number of hydrogen-bond acceptors (Lipinski definition) is 3. The van der Waals surface area contributed by atoms with Crippen LogP contribution in [0.3, 0.4) is 0 Å². The van der Waals surface area contributed by atoms with E-state index in [2.05, 4.69) is 16.9 Å². The molecule has 0 radical (unpaired) electrons.